The molecule has 0 unspecified atom stereocenters. The molecular weight excluding hydrogens is 278 g/mol. The van der Waals surface area contributed by atoms with Crippen molar-refractivity contribution in [2.75, 3.05) is 11.6 Å². The van der Waals surface area contributed by atoms with E-state index < -0.39 is 0 Å². The Bertz CT molecular complexity index is 613. The average Bonchev–Trinajstić information content (AvgIpc) is 2.43. The van der Waals surface area contributed by atoms with Gasteiger partial charge in [0.1, 0.15) is 0 Å². The fourth-order valence-corrected chi connectivity index (χ4v) is 2.48. The molecule has 1 amide bonds. The van der Waals surface area contributed by atoms with Crippen molar-refractivity contribution in [3.8, 4) is 0 Å². The number of thioether (sulfide) groups is 1. The van der Waals surface area contributed by atoms with Gasteiger partial charge in [-0.05, 0) is 43.0 Å². The van der Waals surface area contributed by atoms with E-state index in [0.717, 1.165) is 10.5 Å². The van der Waals surface area contributed by atoms with Gasteiger partial charge < -0.3 is 5.32 Å². The van der Waals surface area contributed by atoms with Crippen molar-refractivity contribution >= 4 is 35.0 Å². The highest BCUT2D eigenvalue weighted by atomic mass is 35.5. The van der Waals surface area contributed by atoms with Crippen LogP contribution in [0.2, 0.25) is 5.02 Å². The van der Waals surface area contributed by atoms with Crippen LogP contribution in [0, 0.1) is 6.92 Å². The molecule has 2 aromatic rings. The molecule has 19 heavy (non-hydrogen) atoms. The summed E-state index contributed by atoms with van der Waals surface area (Å²) in [4.78, 5) is 13.2. The van der Waals surface area contributed by atoms with Crippen LogP contribution in [0.4, 0.5) is 5.69 Å². The van der Waals surface area contributed by atoms with Crippen LogP contribution in [0.1, 0.15) is 15.9 Å². The lowest BCUT2D eigenvalue weighted by Crippen LogP contribution is -2.12. The summed E-state index contributed by atoms with van der Waals surface area (Å²) in [5.41, 5.74) is 2.37. The van der Waals surface area contributed by atoms with E-state index in [2.05, 4.69) is 5.32 Å². The van der Waals surface area contributed by atoms with Crippen LogP contribution in [-0.4, -0.2) is 12.2 Å². The van der Waals surface area contributed by atoms with Crippen molar-refractivity contribution in [2.24, 2.45) is 0 Å². The number of hydrogen-bond acceptors (Lipinski definition) is 2. The Hall–Kier alpha value is -1.45. The molecule has 98 valence electrons. The molecule has 0 saturated carbocycles. The van der Waals surface area contributed by atoms with E-state index in [-0.39, 0.29) is 5.91 Å². The molecule has 0 aliphatic heterocycles. The number of anilines is 1. The van der Waals surface area contributed by atoms with Crippen LogP contribution >= 0.6 is 23.4 Å². The second-order valence-corrected chi connectivity index (χ2v) is 5.37. The maximum absolute atomic E-state index is 12.2. The highest BCUT2D eigenvalue weighted by molar-refractivity contribution is 7.98. The Labute approximate surface area is 122 Å². The molecule has 0 aliphatic carbocycles. The van der Waals surface area contributed by atoms with Crippen LogP contribution in [0.3, 0.4) is 0 Å². The molecule has 0 aliphatic rings. The third kappa shape index (κ3) is 3.31. The van der Waals surface area contributed by atoms with Gasteiger partial charge in [0, 0.05) is 15.6 Å². The predicted octanol–water partition coefficient (Wildman–Crippen LogP) is 4.62. The van der Waals surface area contributed by atoms with Gasteiger partial charge in [-0.3, -0.25) is 4.79 Å². The molecule has 0 bridgehead atoms. The molecule has 2 aromatic carbocycles. The van der Waals surface area contributed by atoms with Crippen LogP contribution in [0.15, 0.2) is 47.4 Å². The lowest BCUT2D eigenvalue weighted by molar-refractivity contribution is 0.102. The topological polar surface area (TPSA) is 29.1 Å². The van der Waals surface area contributed by atoms with Gasteiger partial charge in [-0.1, -0.05) is 29.8 Å². The van der Waals surface area contributed by atoms with Gasteiger partial charge >= 0.3 is 0 Å². The molecule has 0 atom stereocenters. The van der Waals surface area contributed by atoms with Gasteiger partial charge in [-0.25, -0.2) is 0 Å². The van der Waals surface area contributed by atoms with E-state index in [1.54, 1.807) is 17.8 Å². The Balaban J connectivity index is 2.23. The van der Waals surface area contributed by atoms with Crippen molar-refractivity contribution in [1.82, 2.24) is 0 Å². The second-order valence-electron chi connectivity index (χ2n) is 4.12. The van der Waals surface area contributed by atoms with E-state index in [1.165, 1.54) is 0 Å². The smallest absolute Gasteiger partial charge is 0.256 e. The van der Waals surface area contributed by atoms with Crippen molar-refractivity contribution in [3.05, 3.63) is 58.6 Å². The summed E-state index contributed by atoms with van der Waals surface area (Å²) in [7, 11) is 0. The average molecular weight is 292 g/mol. The van der Waals surface area contributed by atoms with E-state index in [4.69, 9.17) is 11.6 Å². The lowest BCUT2D eigenvalue weighted by atomic mass is 10.2. The van der Waals surface area contributed by atoms with E-state index >= 15 is 0 Å². The Morgan fingerprint density at radius 1 is 1.21 bits per heavy atom. The SMILES string of the molecule is CSc1ccccc1C(=O)Nc1ccc(C)c(Cl)c1. The number of hydrogen-bond donors (Lipinski definition) is 1. The fraction of sp³-hybridized carbons (Fsp3) is 0.133. The molecule has 0 fully saturated rings. The predicted molar refractivity (Wildman–Crippen MR) is 82.4 cm³/mol. The first kappa shape index (κ1) is 14.0. The quantitative estimate of drug-likeness (QED) is 0.836. The lowest BCUT2D eigenvalue weighted by Gasteiger charge is -2.09. The van der Waals surface area contributed by atoms with Crippen molar-refractivity contribution in [2.45, 2.75) is 11.8 Å². The number of nitrogens with one attached hydrogen (secondary N) is 1. The molecule has 0 aromatic heterocycles. The Kier molecular flexibility index (Phi) is 4.51. The maximum Gasteiger partial charge on any atom is 0.256 e. The summed E-state index contributed by atoms with van der Waals surface area (Å²) in [6.07, 6.45) is 1.95. The zero-order chi connectivity index (χ0) is 13.8. The van der Waals surface area contributed by atoms with Crippen molar-refractivity contribution in [1.29, 1.82) is 0 Å². The van der Waals surface area contributed by atoms with Gasteiger partial charge in [-0.15, -0.1) is 11.8 Å². The monoisotopic (exact) mass is 291 g/mol. The van der Waals surface area contributed by atoms with Gasteiger partial charge in [-0.2, -0.15) is 0 Å². The number of halogens is 1. The van der Waals surface area contributed by atoms with Gasteiger partial charge in [0.05, 0.1) is 5.56 Å². The maximum atomic E-state index is 12.2. The van der Waals surface area contributed by atoms with Gasteiger partial charge in [0.15, 0.2) is 0 Å². The molecule has 2 nitrogen and oxygen atoms in total. The first-order valence-electron chi connectivity index (χ1n) is 5.82. The number of rotatable bonds is 3. The summed E-state index contributed by atoms with van der Waals surface area (Å²) in [5.74, 6) is -0.120. The largest absolute Gasteiger partial charge is 0.322 e. The molecule has 0 heterocycles. The number of carbonyl (C=O) groups excluding carboxylic acids is 1. The van der Waals surface area contributed by atoms with Gasteiger partial charge in [0.2, 0.25) is 0 Å². The zero-order valence-corrected chi connectivity index (χ0v) is 12.3. The van der Waals surface area contributed by atoms with Crippen LogP contribution in [0.25, 0.3) is 0 Å². The first-order valence-corrected chi connectivity index (χ1v) is 7.42. The Morgan fingerprint density at radius 3 is 2.63 bits per heavy atom. The summed E-state index contributed by atoms with van der Waals surface area (Å²) < 4.78 is 0. The molecular formula is C15H14ClNOS. The van der Waals surface area contributed by atoms with E-state index in [1.807, 2.05) is 49.6 Å². The minimum atomic E-state index is -0.120. The van der Waals surface area contributed by atoms with Crippen LogP contribution in [-0.2, 0) is 0 Å². The fourth-order valence-electron chi connectivity index (χ4n) is 1.70. The molecule has 0 radical (unpaired) electrons. The molecule has 0 saturated heterocycles. The number of carbonyl (C=O) groups is 1. The number of aryl methyl sites for hydroxylation is 1. The van der Waals surface area contributed by atoms with Crippen LogP contribution < -0.4 is 5.32 Å². The summed E-state index contributed by atoms with van der Waals surface area (Å²) in [6.45, 7) is 1.93. The summed E-state index contributed by atoms with van der Waals surface area (Å²) in [5, 5.41) is 3.51. The van der Waals surface area contributed by atoms with Crippen molar-refractivity contribution < 1.29 is 4.79 Å². The van der Waals surface area contributed by atoms with E-state index in [9.17, 15) is 4.79 Å². The minimum absolute atomic E-state index is 0.120. The highest BCUT2D eigenvalue weighted by Crippen LogP contribution is 2.23. The van der Waals surface area contributed by atoms with Crippen LogP contribution in [0.5, 0.6) is 0 Å². The Morgan fingerprint density at radius 2 is 1.95 bits per heavy atom. The summed E-state index contributed by atoms with van der Waals surface area (Å²) in [6, 6.07) is 13.0. The zero-order valence-electron chi connectivity index (χ0n) is 10.7. The highest BCUT2D eigenvalue weighted by Gasteiger charge is 2.10. The van der Waals surface area contributed by atoms with Crippen molar-refractivity contribution in [3.63, 3.8) is 0 Å². The van der Waals surface area contributed by atoms with Gasteiger partial charge in [0.25, 0.3) is 5.91 Å². The molecule has 0 spiro atoms. The number of benzene rings is 2. The van der Waals surface area contributed by atoms with E-state index in [0.29, 0.717) is 16.3 Å². The standard InChI is InChI=1S/C15H14ClNOS/c1-10-7-8-11(9-13(10)16)17-15(18)12-5-3-4-6-14(12)19-2/h3-9H,1-2H3,(H,17,18). The molecule has 2 rings (SSSR count). The second kappa shape index (κ2) is 6.13. The summed E-state index contributed by atoms with van der Waals surface area (Å²) >= 11 is 7.60. The normalized spacial score (nSPS) is 10.3. The number of amides is 1. The third-order valence-corrected chi connectivity index (χ3v) is 3.98. The molecule has 1 N–H and O–H groups in total. The molecule has 4 heteroatoms. The minimum Gasteiger partial charge on any atom is -0.322 e. The third-order valence-electron chi connectivity index (χ3n) is 2.78. The first-order chi connectivity index (χ1) is 9.11.